The lowest BCUT2D eigenvalue weighted by Gasteiger charge is -2.18. The molecule has 0 aliphatic carbocycles. The van der Waals surface area contributed by atoms with Gasteiger partial charge in [0.2, 0.25) is 0 Å². The third kappa shape index (κ3) is 4.50. The highest BCUT2D eigenvalue weighted by molar-refractivity contribution is 8.13. The molecule has 0 spiro atoms. The van der Waals surface area contributed by atoms with Gasteiger partial charge in [-0.1, -0.05) is 30.0 Å². The van der Waals surface area contributed by atoms with Crippen LogP contribution in [0.2, 0.25) is 0 Å². The summed E-state index contributed by atoms with van der Waals surface area (Å²) in [4.78, 5) is 28.5. The van der Waals surface area contributed by atoms with Crippen molar-refractivity contribution in [2.45, 2.75) is 11.9 Å². The molecule has 1 amide bonds. The van der Waals surface area contributed by atoms with E-state index >= 15 is 0 Å². The van der Waals surface area contributed by atoms with E-state index in [9.17, 15) is 28.1 Å². The number of halogens is 3. The van der Waals surface area contributed by atoms with Crippen LogP contribution in [0.15, 0.2) is 53.5 Å². The fourth-order valence-corrected chi connectivity index (χ4v) is 3.59. The standard InChI is InChI=1S/C18H14F3N3O3S/c19-18(20,21)14-3-1-2-13(10-14)16(25)23-9-8-22-17(23)28-11-12-4-6-15(7-5-12)24(26)27/h1-7,10H,8-9,11H2. The van der Waals surface area contributed by atoms with Crippen molar-refractivity contribution in [3.05, 3.63) is 75.3 Å². The Kier molecular flexibility index (Phi) is 5.68. The van der Waals surface area contributed by atoms with E-state index in [1.807, 2.05) is 0 Å². The number of thioether (sulfide) groups is 1. The Bertz CT molecular complexity index is 930. The van der Waals surface area contributed by atoms with Crippen LogP contribution in [-0.4, -0.2) is 34.0 Å². The molecule has 2 aromatic carbocycles. The van der Waals surface area contributed by atoms with Gasteiger partial charge < -0.3 is 0 Å². The second-order valence-electron chi connectivity index (χ2n) is 5.91. The summed E-state index contributed by atoms with van der Waals surface area (Å²) in [6.07, 6.45) is -4.52. The molecule has 0 aromatic heterocycles. The Morgan fingerprint density at radius 2 is 1.93 bits per heavy atom. The number of nitrogens with zero attached hydrogens (tertiary/aromatic N) is 3. The third-order valence-electron chi connectivity index (χ3n) is 4.00. The molecular weight excluding hydrogens is 395 g/mol. The van der Waals surface area contributed by atoms with Crippen molar-refractivity contribution in [3.8, 4) is 0 Å². The fraction of sp³-hybridized carbons (Fsp3) is 0.222. The molecule has 0 unspecified atom stereocenters. The van der Waals surface area contributed by atoms with Gasteiger partial charge in [0.1, 0.15) is 0 Å². The lowest BCUT2D eigenvalue weighted by atomic mass is 10.1. The number of nitro benzene ring substituents is 1. The average Bonchev–Trinajstić information content (AvgIpc) is 3.14. The van der Waals surface area contributed by atoms with E-state index in [1.54, 1.807) is 12.1 Å². The van der Waals surface area contributed by atoms with Gasteiger partial charge in [-0.25, -0.2) is 0 Å². The molecule has 28 heavy (non-hydrogen) atoms. The molecule has 3 rings (SSSR count). The molecule has 2 aromatic rings. The van der Waals surface area contributed by atoms with E-state index in [0.29, 0.717) is 17.5 Å². The maximum Gasteiger partial charge on any atom is 0.416 e. The minimum Gasteiger partial charge on any atom is -0.286 e. The number of aliphatic imine (C=N–C) groups is 1. The number of amides is 1. The second kappa shape index (κ2) is 8.01. The molecule has 0 radical (unpaired) electrons. The fourth-order valence-electron chi connectivity index (χ4n) is 2.58. The summed E-state index contributed by atoms with van der Waals surface area (Å²) in [5, 5.41) is 11.1. The summed E-state index contributed by atoms with van der Waals surface area (Å²) >= 11 is 1.26. The number of amidine groups is 1. The molecule has 146 valence electrons. The molecule has 1 heterocycles. The minimum absolute atomic E-state index is 0.0201. The Hall–Kier alpha value is -2.88. The van der Waals surface area contributed by atoms with E-state index in [2.05, 4.69) is 4.99 Å². The van der Waals surface area contributed by atoms with Crippen LogP contribution < -0.4 is 0 Å². The van der Waals surface area contributed by atoms with Gasteiger partial charge in [0.25, 0.3) is 11.6 Å². The van der Waals surface area contributed by atoms with Crippen molar-refractivity contribution in [2.75, 3.05) is 13.1 Å². The van der Waals surface area contributed by atoms with Crippen LogP contribution in [0, 0.1) is 10.1 Å². The highest BCUT2D eigenvalue weighted by Crippen LogP contribution is 2.30. The number of carbonyl (C=O) groups is 1. The van der Waals surface area contributed by atoms with E-state index in [1.165, 1.54) is 40.9 Å². The Labute approximate surface area is 162 Å². The quantitative estimate of drug-likeness (QED) is 0.555. The Balaban J connectivity index is 1.69. The molecule has 1 aliphatic heterocycles. The van der Waals surface area contributed by atoms with Crippen LogP contribution in [0.1, 0.15) is 21.5 Å². The summed E-state index contributed by atoms with van der Waals surface area (Å²) in [5.74, 6) is -0.123. The van der Waals surface area contributed by atoms with Crippen molar-refractivity contribution >= 4 is 28.5 Å². The van der Waals surface area contributed by atoms with Crippen LogP contribution in [0.3, 0.4) is 0 Å². The summed E-state index contributed by atoms with van der Waals surface area (Å²) in [6.45, 7) is 0.658. The van der Waals surface area contributed by atoms with Gasteiger partial charge in [-0.05, 0) is 23.8 Å². The number of benzene rings is 2. The van der Waals surface area contributed by atoms with Crippen molar-refractivity contribution in [2.24, 2.45) is 4.99 Å². The highest BCUT2D eigenvalue weighted by Gasteiger charge is 2.32. The van der Waals surface area contributed by atoms with Gasteiger partial charge in [-0.15, -0.1) is 0 Å². The monoisotopic (exact) mass is 409 g/mol. The van der Waals surface area contributed by atoms with E-state index in [4.69, 9.17) is 0 Å². The highest BCUT2D eigenvalue weighted by atomic mass is 32.2. The number of hydrogen-bond acceptors (Lipinski definition) is 5. The molecule has 0 saturated carbocycles. The molecule has 0 bridgehead atoms. The summed E-state index contributed by atoms with van der Waals surface area (Å²) < 4.78 is 38.6. The molecule has 10 heteroatoms. The van der Waals surface area contributed by atoms with Crippen molar-refractivity contribution < 1.29 is 22.9 Å². The summed E-state index contributed by atoms with van der Waals surface area (Å²) in [7, 11) is 0. The minimum atomic E-state index is -4.52. The lowest BCUT2D eigenvalue weighted by Crippen LogP contribution is -2.33. The molecule has 0 fully saturated rings. The number of non-ortho nitro benzene ring substituents is 1. The van der Waals surface area contributed by atoms with Crippen molar-refractivity contribution in [3.63, 3.8) is 0 Å². The third-order valence-corrected chi connectivity index (χ3v) is 5.08. The molecule has 0 saturated heterocycles. The number of alkyl halides is 3. The first-order chi connectivity index (χ1) is 13.3. The number of rotatable bonds is 4. The molecule has 0 atom stereocenters. The Morgan fingerprint density at radius 3 is 2.57 bits per heavy atom. The largest absolute Gasteiger partial charge is 0.416 e. The van der Waals surface area contributed by atoms with Crippen LogP contribution in [0.4, 0.5) is 18.9 Å². The van der Waals surface area contributed by atoms with Crippen LogP contribution in [-0.2, 0) is 11.9 Å². The normalized spacial score (nSPS) is 14.1. The molecule has 0 N–H and O–H groups in total. The van der Waals surface area contributed by atoms with E-state index in [0.717, 1.165) is 17.7 Å². The predicted octanol–water partition coefficient (Wildman–Crippen LogP) is 4.36. The smallest absolute Gasteiger partial charge is 0.286 e. The maximum absolute atomic E-state index is 12.9. The van der Waals surface area contributed by atoms with Crippen molar-refractivity contribution in [1.29, 1.82) is 0 Å². The first kappa shape index (κ1) is 19.9. The molecule has 6 nitrogen and oxygen atoms in total. The van der Waals surface area contributed by atoms with Gasteiger partial charge in [0, 0.05) is 30.0 Å². The first-order valence-corrected chi connectivity index (χ1v) is 9.14. The average molecular weight is 409 g/mol. The van der Waals surface area contributed by atoms with Gasteiger partial charge in [-0.2, -0.15) is 13.2 Å². The van der Waals surface area contributed by atoms with Crippen LogP contribution in [0.5, 0.6) is 0 Å². The van der Waals surface area contributed by atoms with Crippen LogP contribution >= 0.6 is 11.8 Å². The zero-order valence-electron chi connectivity index (χ0n) is 14.3. The van der Waals surface area contributed by atoms with Gasteiger partial charge in [0.15, 0.2) is 5.17 Å². The number of hydrogen-bond donors (Lipinski definition) is 0. The van der Waals surface area contributed by atoms with Gasteiger partial charge in [0.05, 0.1) is 17.0 Å². The SMILES string of the molecule is O=C(c1cccc(C(F)(F)F)c1)N1CCN=C1SCc1ccc([N+](=O)[O-])cc1. The first-order valence-electron chi connectivity index (χ1n) is 8.15. The molecule has 1 aliphatic rings. The Morgan fingerprint density at radius 1 is 1.21 bits per heavy atom. The zero-order chi connectivity index (χ0) is 20.3. The second-order valence-corrected chi connectivity index (χ2v) is 6.85. The van der Waals surface area contributed by atoms with E-state index < -0.39 is 22.6 Å². The topological polar surface area (TPSA) is 75.8 Å². The number of carbonyl (C=O) groups excluding carboxylic acids is 1. The summed E-state index contributed by atoms with van der Waals surface area (Å²) in [6, 6.07) is 10.3. The van der Waals surface area contributed by atoms with Gasteiger partial charge in [-0.3, -0.25) is 24.8 Å². The van der Waals surface area contributed by atoms with Gasteiger partial charge >= 0.3 is 6.18 Å². The van der Waals surface area contributed by atoms with E-state index in [-0.39, 0.29) is 17.8 Å². The zero-order valence-corrected chi connectivity index (χ0v) is 15.2. The lowest BCUT2D eigenvalue weighted by molar-refractivity contribution is -0.384. The predicted molar refractivity (Wildman–Crippen MR) is 99.2 cm³/mol. The molecular formula is C18H14F3N3O3S. The van der Waals surface area contributed by atoms with Crippen molar-refractivity contribution in [1.82, 2.24) is 4.90 Å². The summed E-state index contributed by atoms with van der Waals surface area (Å²) in [5.41, 5.74) is -0.153. The maximum atomic E-state index is 12.9. The van der Waals surface area contributed by atoms with Crippen LogP contribution in [0.25, 0.3) is 0 Å². The number of nitro groups is 1.